The second kappa shape index (κ2) is 4.20. The summed E-state index contributed by atoms with van der Waals surface area (Å²) in [5.74, 6) is 1.29. The van der Waals surface area contributed by atoms with Gasteiger partial charge >= 0.3 is 0 Å². The molecule has 0 aromatic carbocycles. The van der Waals surface area contributed by atoms with E-state index in [1.165, 1.54) is 6.33 Å². The van der Waals surface area contributed by atoms with Gasteiger partial charge in [0.05, 0.1) is 12.8 Å². The van der Waals surface area contributed by atoms with Gasteiger partial charge in [-0.3, -0.25) is 0 Å². The van der Waals surface area contributed by atoms with Gasteiger partial charge in [0.25, 0.3) is 0 Å². The lowest BCUT2D eigenvalue weighted by Gasteiger charge is -2.35. The summed E-state index contributed by atoms with van der Waals surface area (Å²) in [5, 5.41) is 3.26. The molecule has 20 heavy (non-hydrogen) atoms. The van der Waals surface area contributed by atoms with Gasteiger partial charge in [-0.15, -0.1) is 0 Å². The maximum absolute atomic E-state index is 6.14. The molecule has 0 aliphatic carbocycles. The van der Waals surface area contributed by atoms with Gasteiger partial charge in [0, 0.05) is 13.0 Å². The van der Waals surface area contributed by atoms with Crippen molar-refractivity contribution in [3.63, 3.8) is 0 Å². The van der Waals surface area contributed by atoms with Gasteiger partial charge in [-0.05, 0) is 19.8 Å². The summed E-state index contributed by atoms with van der Waals surface area (Å²) in [4.78, 5) is 10.5. The molecule has 108 valence electrons. The van der Waals surface area contributed by atoms with Crippen molar-refractivity contribution in [1.82, 2.24) is 9.97 Å². The van der Waals surface area contributed by atoms with Crippen LogP contribution in [0.5, 0.6) is 0 Å². The Morgan fingerprint density at radius 2 is 2.40 bits per heavy atom. The number of nitrogens with two attached hydrogens (primary N) is 1. The Balaban J connectivity index is 1.71. The van der Waals surface area contributed by atoms with Crippen LogP contribution in [0.15, 0.2) is 6.33 Å². The van der Waals surface area contributed by atoms with Crippen molar-refractivity contribution in [1.29, 1.82) is 0 Å². The molecule has 0 saturated carbocycles. The number of anilines is 3. The largest absolute Gasteiger partial charge is 0.382 e. The van der Waals surface area contributed by atoms with Gasteiger partial charge in [0.15, 0.2) is 17.9 Å². The fourth-order valence-corrected chi connectivity index (χ4v) is 3.62. The number of nitrogens with one attached hydrogen (secondary N) is 1. The third-order valence-electron chi connectivity index (χ3n) is 4.42. The van der Waals surface area contributed by atoms with Crippen LogP contribution in [0.3, 0.4) is 0 Å². The van der Waals surface area contributed by atoms with Crippen LogP contribution in [0.25, 0.3) is 0 Å². The van der Waals surface area contributed by atoms with E-state index in [2.05, 4.69) is 27.1 Å². The maximum atomic E-state index is 6.14. The molecule has 1 aromatic heterocycles. The first-order chi connectivity index (χ1) is 9.70. The van der Waals surface area contributed by atoms with Crippen LogP contribution in [0.4, 0.5) is 17.3 Å². The number of ether oxygens (including phenoxy) is 2. The molecule has 0 bridgehead atoms. The smallest absolute Gasteiger partial charge is 0.162 e. The van der Waals surface area contributed by atoms with Crippen LogP contribution in [0.2, 0.25) is 0 Å². The molecular weight excluding hydrogens is 258 g/mol. The fourth-order valence-electron chi connectivity index (χ4n) is 3.62. The topological polar surface area (TPSA) is 85.5 Å². The molecular formula is C13H19N5O2. The normalized spacial score (nSPS) is 35.5. The molecule has 1 aromatic rings. The molecule has 7 heteroatoms. The Labute approximate surface area is 117 Å². The van der Waals surface area contributed by atoms with Gasteiger partial charge in [-0.2, -0.15) is 0 Å². The van der Waals surface area contributed by atoms with E-state index in [0.717, 1.165) is 37.4 Å². The van der Waals surface area contributed by atoms with Crippen LogP contribution in [-0.2, 0) is 9.47 Å². The minimum Gasteiger partial charge on any atom is -0.382 e. The number of fused-ring (bicyclic) bond motifs is 1. The predicted octanol–water partition coefficient (Wildman–Crippen LogP) is 0.932. The van der Waals surface area contributed by atoms with Gasteiger partial charge in [-0.25, -0.2) is 9.97 Å². The second-order valence-corrected chi connectivity index (χ2v) is 5.78. The summed E-state index contributed by atoms with van der Waals surface area (Å²) in [6.07, 6.45) is 4.64. The second-order valence-electron chi connectivity index (χ2n) is 5.78. The standard InChI is InChI=1S/C13H19N5O2/c1-8-5-13(3-2-4-19-13)12(20-8)18-7-17-9-10(14)15-6-16-11(9)18/h6,8,12,17H,2-5,7H2,1H3,(H2,14,15,16)/t8?,12?,13-/m0/s1. The van der Waals surface area contributed by atoms with E-state index >= 15 is 0 Å². The summed E-state index contributed by atoms with van der Waals surface area (Å²) >= 11 is 0. The first kappa shape index (κ1) is 12.2. The lowest BCUT2D eigenvalue weighted by molar-refractivity contribution is -0.0608. The Morgan fingerprint density at radius 3 is 3.20 bits per heavy atom. The van der Waals surface area contributed by atoms with E-state index in [9.17, 15) is 0 Å². The Bertz CT molecular complexity index is 531. The molecule has 3 atom stereocenters. The number of nitrogens with zero attached hydrogens (tertiary/aromatic N) is 3. The highest BCUT2D eigenvalue weighted by molar-refractivity contribution is 5.80. The number of rotatable bonds is 1. The van der Waals surface area contributed by atoms with E-state index in [-0.39, 0.29) is 17.9 Å². The third kappa shape index (κ3) is 1.59. The molecule has 2 saturated heterocycles. The molecule has 3 N–H and O–H groups in total. The van der Waals surface area contributed by atoms with E-state index in [1.807, 2.05) is 0 Å². The molecule has 4 rings (SSSR count). The Hall–Kier alpha value is -1.60. The average Bonchev–Trinajstić information content (AvgIpc) is 3.10. The van der Waals surface area contributed by atoms with Crippen molar-refractivity contribution in [2.45, 2.75) is 44.1 Å². The molecule has 0 amide bonds. The predicted molar refractivity (Wildman–Crippen MR) is 74.3 cm³/mol. The van der Waals surface area contributed by atoms with Gasteiger partial charge in [0.2, 0.25) is 0 Å². The van der Waals surface area contributed by atoms with E-state index < -0.39 is 0 Å². The number of hydrogen-bond acceptors (Lipinski definition) is 7. The van der Waals surface area contributed by atoms with Crippen molar-refractivity contribution < 1.29 is 9.47 Å². The van der Waals surface area contributed by atoms with Crippen molar-refractivity contribution in [3.05, 3.63) is 6.33 Å². The lowest BCUT2D eigenvalue weighted by atomic mass is 9.94. The molecule has 2 unspecified atom stereocenters. The van der Waals surface area contributed by atoms with Crippen LogP contribution in [-0.4, -0.2) is 41.2 Å². The summed E-state index contributed by atoms with van der Waals surface area (Å²) in [6.45, 7) is 3.54. The summed E-state index contributed by atoms with van der Waals surface area (Å²) in [6, 6.07) is 0. The SMILES string of the molecule is CC1C[C@@]2(CCCO2)C(N2CNc3c(N)ncnc32)O1. The minimum atomic E-state index is -0.206. The maximum Gasteiger partial charge on any atom is 0.162 e. The minimum absolute atomic E-state index is 0.108. The van der Waals surface area contributed by atoms with Crippen LogP contribution in [0, 0.1) is 0 Å². The van der Waals surface area contributed by atoms with Crippen molar-refractivity contribution >= 4 is 17.3 Å². The number of hydrogen-bond donors (Lipinski definition) is 2. The molecule has 1 spiro atoms. The Kier molecular flexibility index (Phi) is 2.55. The first-order valence-electron chi connectivity index (χ1n) is 7.10. The summed E-state index contributed by atoms with van der Waals surface area (Å²) in [7, 11) is 0. The highest BCUT2D eigenvalue weighted by Gasteiger charge is 2.54. The van der Waals surface area contributed by atoms with Crippen molar-refractivity contribution in [2.75, 3.05) is 29.2 Å². The molecule has 2 fully saturated rings. The van der Waals surface area contributed by atoms with Crippen molar-refractivity contribution in [3.8, 4) is 0 Å². The zero-order valence-electron chi connectivity index (χ0n) is 11.5. The average molecular weight is 277 g/mol. The van der Waals surface area contributed by atoms with Crippen LogP contribution in [0.1, 0.15) is 26.2 Å². The fraction of sp³-hybridized carbons (Fsp3) is 0.692. The summed E-state index contributed by atoms with van der Waals surface area (Å²) < 4.78 is 12.2. The van der Waals surface area contributed by atoms with E-state index in [0.29, 0.717) is 12.5 Å². The first-order valence-corrected chi connectivity index (χ1v) is 7.10. The molecule has 4 heterocycles. The lowest BCUT2D eigenvalue weighted by Crippen LogP contribution is -2.50. The van der Waals surface area contributed by atoms with Gasteiger partial charge in [-0.1, -0.05) is 0 Å². The quantitative estimate of drug-likeness (QED) is 0.789. The zero-order chi connectivity index (χ0) is 13.7. The number of aromatic nitrogens is 2. The molecule has 3 aliphatic heterocycles. The number of nitrogen functional groups attached to an aromatic ring is 1. The Morgan fingerprint density at radius 1 is 1.50 bits per heavy atom. The van der Waals surface area contributed by atoms with Crippen molar-refractivity contribution in [2.24, 2.45) is 0 Å². The summed E-state index contributed by atoms with van der Waals surface area (Å²) in [5.41, 5.74) is 6.48. The zero-order valence-corrected chi connectivity index (χ0v) is 11.5. The molecule has 7 nitrogen and oxygen atoms in total. The third-order valence-corrected chi connectivity index (χ3v) is 4.42. The van der Waals surface area contributed by atoms with E-state index in [4.69, 9.17) is 15.2 Å². The molecule has 3 aliphatic rings. The highest BCUT2D eigenvalue weighted by Crippen LogP contribution is 2.46. The van der Waals surface area contributed by atoms with Crippen LogP contribution >= 0.6 is 0 Å². The van der Waals surface area contributed by atoms with Crippen LogP contribution < -0.4 is 16.0 Å². The highest BCUT2D eigenvalue weighted by atomic mass is 16.6. The van der Waals surface area contributed by atoms with E-state index in [1.54, 1.807) is 0 Å². The monoisotopic (exact) mass is 277 g/mol. The molecule has 0 radical (unpaired) electrons. The van der Waals surface area contributed by atoms with Gasteiger partial charge in [0.1, 0.15) is 17.6 Å². The van der Waals surface area contributed by atoms with Gasteiger partial charge < -0.3 is 25.4 Å².